The number of nitrogens with two attached hydrogens (primary N) is 1. The summed E-state index contributed by atoms with van der Waals surface area (Å²) in [6.45, 7) is 4.01. The minimum atomic E-state index is -0.891. The lowest BCUT2D eigenvalue weighted by Gasteiger charge is -2.33. The van der Waals surface area contributed by atoms with Crippen LogP contribution in [0.25, 0.3) is 0 Å². The van der Waals surface area contributed by atoms with Crippen molar-refractivity contribution in [1.82, 2.24) is 0 Å². The summed E-state index contributed by atoms with van der Waals surface area (Å²) in [5, 5.41) is 9.19. The number of nitrogens with zero attached hydrogens (tertiary/aromatic N) is 1. The van der Waals surface area contributed by atoms with E-state index in [1.807, 2.05) is 0 Å². The van der Waals surface area contributed by atoms with Crippen LogP contribution in [0.15, 0.2) is 18.2 Å². The maximum atomic E-state index is 11.2. The number of carbonyl (C=O) groups is 1. The van der Waals surface area contributed by atoms with E-state index in [1.54, 1.807) is 18.2 Å². The van der Waals surface area contributed by atoms with Gasteiger partial charge in [0, 0.05) is 18.8 Å². The van der Waals surface area contributed by atoms with Gasteiger partial charge in [0.15, 0.2) is 0 Å². The highest BCUT2D eigenvalue weighted by molar-refractivity contribution is 5.95. The second kappa shape index (κ2) is 4.65. The third kappa shape index (κ3) is 2.52. The first-order valence-electron chi connectivity index (χ1n) is 5.95. The molecular formula is C13H18N2O2. The van der Waals surface area contributed by atoms with Gasteiger partial charge in [0.1, 0.15) is 0 Å². The van der Waals surface area contributed by atoms with Gasteiger partial charge >= 0.3 is 5.97 Å². The highest BCUT2D eigenvalue weighted by Crippen LogP contribution is 2.28. The molecule has 1 aliphatic rings. The van der Waals surface area contributed by atoms with E-state index in [0.29, 0.717) is 17.2 Å². The van der Waals surface area contributed by atoms with Crippen LogP contribution in [-0.4, -0.2) is 24.2 Å². The molecule has 1 aliphatic heterocycles. The normalized spacial score (nSPS) is 20.3. The number of hydrogen-bond donors (Lipinski definition) is 2. The van der Waals surface area contributed by atoms with Crippen molar-refractivity contribution in [1.29, 1.82) is 0 Å². The maximum absolute atomic E-state index is 11.2. The van der Waals surface area contributed by atoms with Gasteiger partial charge in [-0.3, -0.25) is 0 Å². The first-order valence-corrected chi connectivity index (χ1v) is 5.95. The van der Waals surface area contributed by atoms with Gasteiger partial charge in [0.2, 0.25) is 0 Å². The second-order valence-electron chi connectivity index (χ2n) is 4.78. The van der Waals surface area contributed by atoms with E-state index in [2.05, 4.69) is 11.8 Å². The van der Waals surface area contributed by atoms with E-state index in [1.165, 1.54) is 6.42 Å². The molecule has 1 atom stereocenters. The summed E-state index contributed by atoms with van der Waals surface area (Å²) in [6.07, 6.45) is 2.32. The second-order valence-corrected chi connectivity index (χ2v) is 4.78. The van der Waals surface area contributed by atoms with Crippen LogP contribution in [0, 0.1) is 5.92 Å². The highest BCUT2D eigenvalue weighted by Gasteiger charge is 2.21. The fourth-order valence-corrected chi connectivity index (χ4v) is 2.40. The van der Waals surface area contributed by atoms with E-state index < -0.39 is 5.97 Å². The summed E-state index contributed by atoms with van der Waals surface area (Å²) >= 11 is 0. The number of benzene rings is 1. The Balaban J connectivity index is 2.35. The van der Waals surface area contributed by atoms with Gasteiger partial charge in [-0.2, -0.15) is 0 Å². The Kier molecular flexibility index (Phi) is 3.22. The predicted molar refractivity (Wildman–Crippen MR) is 68.4 cm³/mol. The number of aromatic carboxylic acids is 1. The van der Waals surface area contributed by atoms with Gasteiger partial charge in [-0.25, -0.2) is 4.79 Å². The third-order valence-electron chi connectivity index (χ3n) is 3.25. The average molecular weight is 234 g/mol. The standard InChI is InChI=1S/C13H18N2O2/c1-9-3-2-6-15(8-9)12-7-10(14)4-5-11(12)13(16)17/h4-5,7,9H,2-3,6,8,14H2,1H3,(H,16,17). The summed E-state index contributed by atoms with van der Waals surface area (Å²) in [4.78, 5) is 13.3. The topological polar surface area (TPSA) is 66.6 Å². The fourth-order valence-electron chi connectivity index (χ4n) is 2.40. The Morgan fingerprint density at radius 2 is 2.29 bits per heavy atom. The van der Waals surface area contributed by atoms with Crippen LogP contribution in [-0.2, 0) is 0 Å². The molecule has 0 saturated carbocycles. The molecule has 1 saturated heterocycles. The molecule has 2 rings (SSSR count). The van der Waals surface area contributed by atoms with E-state index in [4.69, 9.17) is 5.73 Å². The SMILES string of the molecule is CC1CCCN(c2cc(N)ccc2C(=O)O)C1. The number of rotatable bonds is 2. The Labute approximate surface area is 101 Å². The van der Waals surface area contributed by atoms with Gasteiger partial charge in [-0.05, 0) is 37.0 Å². The molecule has 1 fully saturated rings. The van der Waals surface area contributed by atoms with E-state index in [0.717, 1.165) is 25.2 Å². The summed E-state index contributed by atoms with van der Waals surface area (Å²) in [7, 11) is 0. The van der Waals surface area contributed by atoms with Crippen molar-refractivity contribution in [3.05, 3.63) is 23.8 Å². The van der Waals surface area contributed by atoms with E-state index in [9.17, 15) is 9.90 Å². The summed E-state index contributed by atoms with van der Waals surface area (Å²) in [5.41, 5.74) is 7.46. The van der Waals surface area contributed by atoms with Crippen molar-refractivity contribution in [2.75, 3.05) is 23.7 Å². The molecule has 0 aliphatic carbocycles. The number of carboxylic acids is 1. The summed E-state index contributed by atoms with van der Waals surface area (Å²) < 4.78 is 0. The molecule has 0 spiro atoms. The van der Waals surface area contributed by atoms with Crippen LogP contribution in [0.2, 0.25) is 0 Å². The monoisotopic (exact) mass is 234 g/mol. The van der Waals surface area contributed by atoms with Crippen LogP contribution in [0.4, 0.5) is 11.4 Å². The zero-order chi connectivity index (χ0) is 12.4. The van der Waals surface area contributed by atoms with Crippen molar-refractivity contribution in [2.24, 2.45) is 5.92 Å². The van der Waals surface area contributed by atoms with Crippen molar-refractivity contribution >= 4 is 17.3 Å². The lowest BCUT2D eigenvalue weighted by Crippen LogP contribution is -2.35. The summed E-state index contributed by atoms with van der Waals surface area (Å²) in [5.74, 6) is -0.287. The van der Waals surface area contributed by atoms with Crippen LogP contribution >= 0.6 is 0 Å². The minimum Gasteiger partial charge on any atom is -0.478 e. The average Bonchev–Trinajstić information content (AvgIpc) is 2.28. The van der Waals surface area contributed by atoms with Crippen molar-refractivity contribution in [2.45, 2.75) is 19.8 Å². The lowest BCUT2D eigenvalue weighted by atomic mass is 9.98. The Morgan fingerprint density at radius 1 is 1.53 bits per heavy atom. The Bertz CT molecular complexity index is 431. The zero-order valence-electron chi connectivity index (χ0n) is 10.0. The maximum Gasteiger partial charge on any atom is 0.337 e. The Hall–Kier alpha value is -1.71. The van der Waals surface area contributed by atoms with Crippen LogP contribution < -0.4 is 10.6 Å². The highest BCUT2D eigenvalue weighted by atomic mass is 16.4. The van der Waals surface area contributed by atoms with E-state index >= 15 is 0 Å². The predicted octanol–water partition coefficient (Wildman–Crippen LogP) is 2.20. The molecule has 92 valence electrons. The van der Waals surface area contributed by atoms with Crippen molar-refractivity contribution in [3.8, 4) is 0 Å². The van der Waals surface area contributed by atoms with Gasteiger partial charge in [0.05, 0.1) is 11.3 Å². The summed E-state index contributed by atoms with van der Waals surface area (Å²) in [6, 6.07) is 4.99. The van der Waals surface area contributed by atoms with Gasteiger partial charge < -0.3 is 15.7 Å². The molecular weight excluding hydrogens is 216 g/mol. The fraction of sp³-hybridized carbons (Fsp3) is 0.462. The number of nitrogen functional groups attached to an aromatic ring is 1. The van der Waals surface area contributed by atoms with E-state index in [-0.39, 0.29) is 0 Å². The molecule has 17 heavy (non-hydrogen) atoms. The molecule has 1 aromatic carbocycles. The quantitative estimate of drug-likeness (QED) is 0.770. The number of piperidine rings is 1. The van der Waals surface area contributed by atoms with Crippen LogP contribution in [0.3, 0.4) is 0 Å². The van der Waals surface area contributed by atoms with Crippen molar-refractivity contribution in [3.63, 3.8) is 0 Å². The molecule has 0 amide bonds. The molecule has 0 aromatic heterocycles. The first kappa shape index (κ1) is 11.8. The molecule has 0 bridgehead atoms. The molecule has 1 unspecified atom stereocenters. The molecule has 1 heterocycles. The lowest BCUT2D eigenvalue weighted by molar-refractivity contribution is 0.0697. The van der Waals surface area contributed by atoms with Crippen LogP contribution in [0.1, 0.15) is 30.1 Å². The number of anilines is 2. The molecule has 3 N–H and O–H groups in total. The molecule has 1 aromatic rings. The number of carboxylic acid groups (broad SMARTS) is 1. The van der Waals surface area contributed by atoms with Crippen LogP contribution in [0.5, 0.6) is 0 Å². The molecule has 4 nitrogen and oxygen atoms in total. The zero-order valence-corrected chi connectivity index (χ0v) is 10.0. The number of hydrogen-bond acceptors (Lipinski definition) is 3. The van der Waals surface area contributed by atoms with Crippen molar-refractivity contribution < 1.29 is 9.90 Å². The van der Waals surface area contributed by atoms with Gasteiger partial charge in [-0.15, -0.1) is 0 Å². The molecule has 4 heteroatoms. The largest absolute Gasteiger partial charge is 0.478 e. The first-order chi connectivity index (χ1) is 8.08. The smallest absolute Gasteiger partial charge is 0.337 e. The third-order valence-corrected chi connectivity index (χ3v) is 3.25. The molecule has 0 radical (unpaired) electrons. The van der Waals surface area contributed by atoms with Gasteiger partial charge in [-0.1, -0.05) is 6.92 Å². The van der Waals surface area contributed by atoms with Gasteiger partial charge in [0.25, 0.3) is 0 Å². The Morgan fingerprint density at radius 3 is 2.94 bits per heavy atom. The minimum absolute atomic E-state index is 0.341.